The highest BCUT2D eigenvalue weighted by Crippen LogP contribution is 2.27. The number of ether oxygens (including phenoxy) is 1. The van der Waals surface area contributed by atoms with E-state index in [4.69, 9.17) is 4.74 Å². The number of benzene rings is 2. The van der Waals surface area contributed by atoms with Crippen molar-refractivity contribution >= 4 is 21.8 Å². The standard InChI is InChI=1S/C26H23N5O3/c32-23-15-34-12-8-22(23)30-16-28-25-21(26(30)33)14-18(20-3-1-9-27-24(20)25)13-17-4-6-19(7-5-17)31-11-2-10-29-31/h1-7,9-11,14,16,22-23,32H,8,12-13,15H2/t22-,23-/m0/s1. The number of aliphatic hydroxyl groups is 1. The lowest BCUT2D eigenvalue weighted by atomic mass is 9.98. The highest BCUT2D eigenvalue weighted by atomic mass is 16.5. The Morgan fingerprint density at radius 3 is 2.68 bits per heavy atom. The number of pyridine rings is 1. The number of fused-ring (bicyclic) bond motifs is 3. The summed E-state index contributed by atoms with van der Waals surface area (Å²) in [4.78, 5) is 22.7. The van der Waals surface area contributed by atoms with Crippen molar-refractivity contribution in [3.63, 3.8) is 0 Å². The third-order valence-electron chi connectivity index (χ3n) is 6.48. The molecule has 2 atom stereocenters. The second-order valence-electron chi connectivity index (χ2n) is 8.58. The summed E-state index contributed by atoms with van der Waals surface area (Å²) in [6.07, 6.45) is 7.39. The third-order valence-corrected chi connectivity index (χ3v) is 6.48. The van der Waals surface area contributed by atoms with Gasteiger partial charge in [0.25, 0.3) is 5.56 Å². The Kier molecular flexibility index (Phi) is 5.16. The van der Waals surface area contributed by atoms with E-state index in [0.717, 1.165) is 22.2 Å². The van der Waals surface area contributed by atoms with Crippen molar-refractivity contribution in [3.8, 4) is 5.69 Å². The Labute approximate surface area is 195 Å². The number of aromatic nitrogens is 5. The molecule has 4 heterocycles. The summed E-state index contributed by atoms with van der Waals surface area (Å²) in [6, 6.07) is 15.6. The molecule has 1 saturated heterocycles. The topological polar surface area (TPSA) is 95.1 Å². The number of nitrogens with zero attached hydrogens (tertiary/aromatic N) is 5. The van der Waals surface area contributed by atoms with Crippen molar-refractivity contribution in [2.75, 3.05) is 13.2 Å². The lowest BCUT2D eigenvalue weighted by molar-refractivity contribution is -0.0395. The lowest BCUT2D eigenvalue weighted by Crippen LogP contribution is -2.39. The molecule has 1 aliphatic rings. The van der Waals surface area contributed by atoms with Gasteiger partial charge in [-0.05, 0) is 54.3 Å². The monoisotopic (exact) mass is 453 g/mol. The first-order valence-corrected chi connectivity index (χ1v) is 11.3. The largest absolute Gasteiger partial charge is 0.389 e. The van der Waals surface area contributed by atoms with E-state index >= 15 is 0 Å². The van der Waals surface area contributed by atoms with Gasteiger partial charge in [0, 0.05) is 30.6 Å². The van der Waals surface area contributed by atoms with Crippen molar-refractivity contribution in [1.29, 1.82) is 0 Å². The first-order chi connectivity index (χ1) is 16.7. The van der Waals surface area contributed by atoms with Crippen molar-refractivity contribution in [2.45, 2.75) is 25.0 Å². The molecule has 2 aromatic carbocycles. The van der Waals surface area contributed by atoms with Crippen LogP contribution in [-0.2, 0) is 11.2 Å². The zero-order valence-corrected chi connectivity index (χ0v) is 18.4. The van der Waals surface area contributed by atoms with Gasteiger partial charge in [-0.3, -0.25) is 14.3 Å². The molecule has 0 bridgehead atoms. The molecule has 1 aliphatic heterocycles. The van der Waals surface area contributed by atoms with Gasteiger partial charge in [-0.15, -0.1) is 0 Å². The maximum absolute atomic E-state index is 13.5. The van der Waals surface area contributed by atoms with Crippen molar-refractivity contribution < 1.29 is 9.84 Å². The Balaban J connectivity index is 1.45. The molecular weight excluding hydrogens is 430 g/mol. The smallest absolute Gasteiger partial charge is 0.261 e. The predicted molar refractivity (Wildman–Crippen MR) is 128 cm³/mol. The summed E-state index contributed by atoms with van der Waals surface area (Å²) in [6.45, 7) is 0.722. The Morgan fingerprint density at radius 2 is 1.88 bits per heavy atom. The van der Waals surface area contributed by atoms with E-state index in [1.54, 1.807) is 17.0 Å². The van der Waals surface area contributed by atoms with Gasteiger partial charge in [0.15, 0.2) is 0 Å². The molecule has 1 N–H and O–H groups in total. The Morgan fingerprint density at radius 1 is 1.03 bits per heavy atom. The first-order valence-electron chi connectivity index (χ1n) is 11.3. The van der Waals surface area contributed by atoms with Gasteiger partial charge >= 0.3 is 0 Å². The number of aliphatic hydroxyl groups excluding tert-OH is 1. The fourth-order valence-electron chi connectivity index (χ4n) is 4.73. The van der Waals surface area contributed by atoms with Crippen LogP contribution in [0.4, 0.5) is 0 Å². The van der Waals surface area contributed by atoms with E-state index < -0.39 is 6.10 Å². The molecule has 0 radical (unpaired) electrons. The maximum atomic E-state index is 13.5. The van der Waals surface area contributed by atoms with Crippen molar-refractivity contribution in [1.82, 2.24) is 24.3 Å². The molecular formula is C26H23N5O3. The van der Waals surface area contributed by atoms with Gasteiger partial charge in [-0.1, -0.05) is 18.2 Å². The van der Waals surface area contributed by atoms with Crippen LogP contribution < -0.4 is 5.56 Å². The average molecular weight is 454 g/mol. The summed E-state index contributed by atoms with van der Waals surface area (Å²) < 4.78 is 8.70. The summed E-state index contributed by atoms with van der Waals surface area (Å²) in [7, 11) is 0. The fourth-order valence-corrected chi connectivity index (χ4v) is 4.73. The van der Waals surface area contributed by atoms with E-state index in [9.17, 15) is 9.90 Å². The highest BCUT2D eigenvalue weighted by molar-refractivity contribution is 6.04. The number of hydrogen-bond donors (Lipinski definition) is 1. The van der Waals surface area contributed by atoms with Crippen LogP contribution in [0.3, 0.4) is 0 Å². The summed E-state index contributed by atoms with van der Waals surface area (Å²) in [5, 5.41) is 16.2. The summed E-state index contributed by atoms with van der Waals surface area (Å²) >= 11 is 0. The van der Waals surface area contributed by atoms with Gasteiger partial charge in [-0.25, -0.2) is 9.67 Å². The molecule has 0 amide bonds. The van der Waals surface area contributed by atoms with Crippen molar-refractivity contribution in [3.05, 3.63) is 94.9 Å². The highest BCUT2D eigenvalue weighted by Gasteiger charge is 2.27. The maximum Gasteiger partial charge on any atom is 0.261 e. The van der Waals surface area contributed by atoms with Crippen LogP contribution in [0, 0.1) is 0 Å². The molecule has 34 heavy (non-hydrogen) atoms. The SMILES string of the molecule is O=c1c2cc(Cc3ccc(-n4cccn4)cc3)c3cccnc3c2ncn1[C@H]1CCOC[C@@H]1O. The lowest BCUT2D eigenvalue weighted by Gasteiger charge is -2.29. The molecule has 3 aromatic heterocycles. The van der Waals surface area contributed by atoms with Gasteiger partial charge in [0.05, 0.1) is 41.7 Å². The van der Waals surface area contributed by atoms with Crippen LogP contribution in [0.2, 0.25) is 0 Å². The van der Waals surface area contributed by atoms with Crippen LogP contribution in [0.25, 0.3) is 27.5 Å². The van der Waals surface area contributed by atoms with Gasteiger partial charge in [-0.2, -0.15) is 5.10 Å². The summed E-state index contributed by atoms with van der Waals surface area (Å²) in [5.74, 6) is 0. The van der Waals surface area contributed by atoms with Crippen LogP contribution in [0.1, 0.15) is 23.6 Å². The van der Waals surface area contributed by atoms with Crippen molar-refractivity contribution in [2.24, 2.45) is 0 Å². The van der Waals surface area contributed by atoms with Gasteiger partial charge in [0.1, 0.15) is 5.52 Å². The molecule has 6 rings (SSSR count). The van der Waals surface area contributed by atoms with E-state index in [1.807, 2.05) is 47.3 Å². The molecule has 8 nitrogen and oxygen atoms in total. The van der Waals surface area contributed by atoms with E-state index in [-0.39, 0.29) is 18.2 Å². The van der Waals surface area contributed by atoms with E-state index in [1.165, 1.54) is 6.33 Å². The fraction of sp³-hybridized carbons (Fsp3) is 0.231. The van der Waals surface area contributed by atoms with E-state index in [2.05, 4.69) is 27.2 Å². The normalized spacial score (nSPS) is 18.5. The molecule has 0 saturated carbocycles. The second kappa shape index (κ2) is 8.48. The van der Waals surface area contributed by atoms with Gasteiger partial charge < -0.3 is 9.84 Å². The zero-order valence-electron chi connectivity index (χ0n) is 18.4. The molecule has 0 spiro atoms. The van der Waals surface area contributed by atoms with Crippen LogP contribution in [-0.4, -0.2) is 48.7 Å². The number of rotatable bonds is 4. The van der Waals surface area contributed by atoms with E-state index in [0.29, 0.717) is 35.9 Å². The van der Waals surface area contributed by atoms with Crippen LogP contribution in [0.15, 0.2) is 78.2 Å². The molecule has 1 fully saturated rings. The quantitative estimate of drug-likeness (QED) is 0.420. The minimum absolute atomic E-state index is 0.168. The summed E-state index contributed by atoms with van der Waals surface area (Å²) in [5.41, 5.74) is 4.23. The number of hydrogen-bond acceptors (Lipinski definition) is 6. The minimum atomic E-state index is -0.739. The minimum Gasteiger partial charge on any atom is -0.389 e. The molecule has 8 heteroatoms. The molecule has 5 aromatic rings. The molecule has 0 aliphatic carbocycles. The van der Waals surface area contributed by atoms with Crippen LogP contribution >= 0.6 is 0 Å². The molecule has 170 valence electrons. The van der Waals surface area contributed by atoms with Gasteiger partial charge in [0.2, 0.25) is 0 Å². The first kappa shape index (κ1) is 20.7. The third kappa shape index (κ3) is 3.57. The van der Waals surface area contributed by atoms with Crippen LogP contribution in [0.5, 0.6) is 0 Å². The predicted octanol–water partition coefficient (Wildman–Crippen LogP) is 3.04. The average Bonchev–Trinajstić information content (AvgIpc) is 3.41. The molecule has 0 unspecified atom stereocenters. The Hall–Kier alpha value is -3.88. The second-order valence-corrected chi connectivity index (χ2v) is 8.58. The zero-order chi connectivity index (χ0) is 23.1. The Bertz CT molecular complexity index is 1530.